The number of benzene rings is 3. The number of fused-ring (bicyclic) bond motifs is 4. The van der Waals surface area contributed by atoms with Crippen LogP contribution in [0.5, 0.6) is 11.5 Å². The van der Waals surface area contributed by atoms with E-state index in [0.29, 0.717) is 23.3 Å². The van der Waals surface area contributed by atoms with Gasteiger partial charge in [0.25, 0.3) is 5.91 Å². The SMILES string of the molecule is C/C(=N/NC(=O)[C@@H]1COc2ccccc2O1)c1ccc2c(c1)[C@@H]1C=CC[C@H]1[C@H](c1ccccc1)N2. The first kappa shape index (κ1) is 21.5. The van der Waals surface area contributed by atoms with Crippen LogP contribution in [-0.2, 0) is 4.79 Å². The molecule has 0 unspecified atom stereocenters. The van der Waals surface area contributed by atoms with Crippen molar-refractivity contribution in [1.82, 2.24) is 5.43 Å². The number of para-hydroxylation sites is 2. The van der Waals surface area contributed by atoms with E-state index < -0.39 is 6.10 Å². The Morgan fingerprint density at radius 1 is 1.03 bits per heavy atom. The summed E-state index contributed by atoms with van der Waals surface area (Å²) in [5, 5.41) is 8.14. The zero-order valence-electron chi connectivity index (χ0n) is 19.5. The molecule has 0 saturated heterocycles. The zero-order chi connectivity index (χ0) is 23.8. The third kappa shape index (κ3) is 4.05. The lowest BCUT2D eigenvalue weighted by atomic mass is 9.76. The highest BCUT2D eigenvalue weighted by molar-refractivity contribution is 6.00. The van der Waals surface area contributed by atoms with Gasteiger partial charge in [0.2, 0.25) is 6.10 Å². The van der Waals surface area contributed by atoms with E-state index in [0.717, 1.165) is 23.4 Å². The van der Waals surface area contributed by atoms with E-state index in [4.69, 9.17) is 9.47 Å². The summed E-state index contributed by atoms with van der Waals surface area (Å²) in [4.78, 5) is 12.7. The Morgan fingerprint density at radius 3 is 2.69 bits per heavy atom. The molecule has 3 aliphatic rings. The molecular weight excluding hydrogens is 438 g/mol. The molecule has 4 atom stereocenters. The predicted octanol–water partition coefficient (Wildman–Crippen LogP) is 5.19. The lowest BCUT2D eigenvalue weighted by molar-refractivity contribution is -0.130. The molecule has 6 heteroatoms. The largest absolute Gasteiger partial charge is 0.485 e. The number of anilines is 1. The van der Waals surface area contributed by atoms with Gasteiger partial charge < -0.3 is 14.8 Å². The van der Waals surface area contributed by atoms with Gasteiger partial charge in [0.1, 0.15) is 6.61 Å². The molecule has 0 saturated carbocycles. The van der Waals surface area contributed by atoms with E-state index in [-0.39, 0.29) is 18.6 Å². The van der Waals surface area contributed by atoms with Crippen LogP contribution in [-0.4, -0.2) is 24.3 Å². The van der Waals surface area contributed by atoms with Crippen LogP contribution in [0.4, 0.5) is 5.69 Å². The zero-order valence-corrected chi connectivity index (χ0v) is 19.5. The minimum Gasteiger partial charge on any atom is -0.485 e. The van der Waals surface area contributed by atoms with Crippen molar-refractivity contribution in [3.63, 3.8) is 0 Å². The van der Waals surface area contributed by atoms with Crippen LogP contribution in [0.25, 0.3) is 0 Å². The minimum atomic E-state index is -0.742. The van der Waals surface area contributed by atoms with E-state index in [2.05, 4.69) is 70.5 Å². The number of hydrogen-bond acceptors (Lipinski definition) is 5. The molecule has 1 amide bonds. The van der Waals surface area contributed by atoms with Crippen molar-refractivity contribution in [3.05, 3.63) is 102 Å². The average molecular weight is 466 g/mol. The molecule has 3 aromatic rings. The molecule has 1 aliphatic carbocycles. The van der Waals surface area contributed by atoms with E-state index in [1.165, 1.54) is 11.1 Å². The highest BCUT2D eigenvalue weighted by Crippen LogP contribution is 2.49. The van der Waals surface area contributed by atoms with Gasteiger partial charge in [-0.15, -0.1) is 0 Å². The normalized spacial score (nSPS) is 24.2. The van der Waals surface area contributed by atoms with Crippen LogP contribution >= 0.6 is 0 Å². The number of hydrogen-bond donors (Lipinski definition) is 2. The van der Waals surface area contributed by atoms with Crippen molar-refractivity contribution >= 4 is 17.3 Å². The van der Waals surface area contributed by atoms with E-state index >= 15 is 0 Å². The molecule has 0 bridgehead atoms. The van der Waals surface area contributed by atoms with Gasteiger partial charge in [0, 0.05) is 11.6 Å². The van der Waals surface area contributed by atoms with Gasteiger partial charge in [0.05, 0.1) is 11.8 Å². The Bertz CT molecular complexity index is 1320. The fourth-order valence-electron chi connectivity index (χ4n) is 5.23. The maximum absolute atomic E-state index is 12.7. The Morgan fingerprint density at radius 2 is 1.83 bits per heavy atom. The lowest BCUT2D eigenvalue weighted by Crippen LogP contribution is -2.42. The number of nitrogens with one attached hydrogen (secondary N) is 2. The third-order valence-corrected chi connectivity index (χ3v) is 7.07. The maximum Gasteiger partial charge on any atom is 0.284 e. The topological polar surface area (TPSA) is 72.0 Å². The summed E-state index contributed by atoms with van der Waals surface area (Å²) in [5.74, 6) is 1.71. The van der Waals surface area contributed by atoms with E-state index in [1.54, 1.807) is 6.07 Å². The summed E-state index contributed by atoms with van der Waals surface area (Å²) in [6.45, 7) is 2.06. The minimum absolute atomic E-state index is 0.153. The molecule has 0 radical (unpaired) electrons. The predicted molar refractivity (Wildman–Crippen MR) is 136 cm³/mol. The number of amides is 1. The molecular formula is C29H27N3O3. The summed E-state index contributed by atoms with van der Waals surface area (Å²) in [5.41, 5.74) is 8.11. The second kappa shape index (κ2) is 8.95. The van der Waals surface area contributed by atoms with Crippen LogP contribution in [0.3, 0.4) is 0 Å². The standard InChI is InChI=1S/C29H27N3O3/c1-18(31-32-29(33)27-17-34-25-12-5-6-13-26(25)35-27)20-14-15-24-23(16-20)21-10-7-11-22(21)28(30-24)19-8-3-2-4-9-19/h2-10,12-16,21-22,27-28,30H,11,17H2,1H3,(H,32,33)/b31-18-/t21-,22-,27+,28+/m1/s1. The first-order valence-corrected chi connectivity index (χ1v) is 12.0. The molecule has 3 aromatic carbocycles. The van der Waals surface area contributed by atoms with Gasteiger partial charge in [-0.3, -0.25) is 4.79 Å². The fourth-order valence-corrected chi connectivity index (χ4v) is 5.23. The van der Waals surface area contributed by atoms with Gasteiger partial charge in [-0.2, -0.15) is 5.10 Å². The highest BCUT2D eigenvalue weighted by Gasteiger charge is 2.38. The second-order valence-corrected chi connectivity index (χ2v) is 9.23. The van der Waals surface area contributed by atoms with Crippen molar-refractivity contribution in [2.45, 2.75) is 31.4 Å². The average Bonchev–Trinajstić information content (AvgIpc) is 3.41. The third-order valence-electron chi connectivity index (χ3n) is 7.07. The number of ether oxygens (including phenoxy) is 2. The lowest BCUT2D eigenvalue weighted by Gasteiger charge is -2.37. The number of hydrazone groups is 1. The number of carbonyl (C=O) groups is 1. The molecule has 2 aliphatic heterocycles. The first-order chi connectivity index (χ1) is 17.2. The Hall–Kier alpha value is -4.06. The molecule has 0 fully saturated rings. The number of rotatable bonds is 4. The number of allylic oxidation sites excluding steroid dienone is 2. The van der Waals surface area contributed by atoms with Gasteiger partial charge >= 0.3 is 0 Å². The fraction of sp³-hybridized carbons (Fsp3) is 0.241. The van der Waals surface area contributed by atoms with Gasteiger partial charge in [-0.05, 0) is 60.2 Å². The Balaban J connectivity index is 1.19. The van der Waals surface area contributed by atoms with Crippen LogP contribution in [0.2, 0.25) is 0 Å². The van der Waals surface area contributed by atoms with Crippen LogP contribution in [0, 0.1) is 5.92 Å². The molecule has 0 aromatic heterocycles. The van der Waals surface area contributed by atoms with Gasteiger partial charge in [-0.1, -0.05) is 60.7 Å². The van der Waals surface area contributed by atoms with Crippen LogP contribution in [0.1, 0.15) is 42.0 Å². The van der Waals surface area contributed by atoms with Crippen LogP contribution in [0.15, 0.2) is 90.0 Å². The van der Waals surface area contributed by atoms with E-state index in [9.17, 15) is 4.79 Å². The summed E-state index contributed by atoms with van der Waals surface area (Å²) in [6, 6.07) is 24.6. The van der Waals surface area contributed by atoms with Crippen molar-refractivity contribution < 1.29 is 14.3 Å². The molecule has 176 valence electrons. The summed E-state index contributed by atoms with van der Waals surface area (Å²) >= 11 is 0. The molecule has 35 heavy (non-hydrogen) atoms. The quantitative estimate of drug-likeness (QED) is 0.316. The Labute approximate surface area is 204 Å². The maximum atomic E-state index is 12.7. The summed E-state index contributed by atoms with van der Waals surface area (Å²) in [7, 11) is 0. The van der Waals surface area contributed by atoms with Gasteiger partial charge in [0.15, 0.2) is 11.5 Å². The smallest absolute Gasteiger partial charge is 0.284 e. The number of nitrogens with zero attached hydrogens (tertiary/aromatic N) is 1. The molecule has 6 rings (SSSR count). The molecule has 0 spiro atoms. The molecule has 2 N–H and O–H groups in total. The van der Waals surface area contributed by atoms with Crippen molar-refractivity contribution in [3.8, 4) is 11.5 Å². The van der Waals surface area contributed by atoms with Crippen molar-refractivity contribution in [1.29, 1.82) is 0 Å². The molecule has 2 heterocycles. The number of carbonyl (C=O) groups excluding carboxylic acids is 1. The molecule has 6 nitrogen and oxygen atoms in total. The van der Waals surface area contributed by atoms with Crippen molar-refractivity contribution in [2.75, 3.05) is 11.9 Å². The summed E-state index contributed by atoms with van der Waals surface area (Å²) in [6.07, 6.45) is 4.93. The highest BCUT2D eigenvalue weighted by atomic mass is 16.6. The summed E-state index contributed by atoms with van der Waals surface area (Å²) < 4.78 is 11.4. The van der Waals surface area contributed by atoms with E-state index in [1.807, 2.05) is 31.2 Å². The van der Waals surface area contributed by atoms with Crippen LogP contribution < -0.4 is 20.2 Å². The monoisotopic (exact) mass is 465 g/mol. The Kier molecular flexibility index (Phi) is 5.49. The van der Waals surface area contributed by atoms with Gasteiger partial charge in [-0.25, -0.2) is 5.43 Å². The second-order valence-electron chi connectivity index (χ2n) is 9.23. The van der Waals surface area contributed by atoms with Crippen molar-refractivity contribution in [2.24, 2.45) is 11.0 Å². The first-order valence-electron chi connectivity index (χ1n) is 12.0.